The van der Waals surface area contributed by atoms with Gasteiger partial charge in [0.1, 0.15) is 43.2 Å². The highest BCUT2D eigenvalue weighted by Crippen LogP contribution is 2.45. The molecule has 0 heterocycles. The summed E-state index contributed by atoms with van der Waals surface area (Å²) in [4.78, 5) is 48.6. The van der Waals surface area contributed by atoms with Gasteiger partial charge in [-0.1, -0.05) is 0 Å². The molecule has 0 fully saturated rings. The summed E-state index contributed by atoms with van der Waals surface area (Å²) in [7, 11) is -10.4. The molecule has 0 amide bonds. The van der Waals surface area contributed by atoms with Crippen molar-refractivity contribution in [2.45, 2.75) is 42.7 Å². The van der Waals surface area contributed by atoms with Crippen molar-refractivity contribution in [2.75, 3.05) is 19.8 Å². The van der Waals surface area contributed by atoms with E-state index in [1.807, 2.05) is 0 Å². The Bertz CT molecular complexity index is 665. The third-order valence-electron chi connectivity index (χ3n) is 3.50. The normalized spacial score (nSPS) is 21.2. The minimum absolute atomic E-state index is 0.300. The molecule has 0 aromatic heterocycles. The fourth-order valence-corrected chi connectivity index (χ4v) is 3.04. The van der Waals surface area contributed by atoms with Crippen LogP contribution in [-0.2, 0) is 32.3 Å². The first-order valence-electron chi connectivity index (χ1n) is 8.09. The van der Waals surface area contributed by atoms with Crippen LogP contribution < -0.4 is 0 Å². The van der Waals surface area contributed by atoms with Crippen LogP contribution in [0.1, 0.15) is 0 Å². The van der Waals surface area contributed by atoms with E-state index in [0.717, 1.165) is 0 Å². The van der Waals surface area contributed by atoms with Gasteiger partial charge in [0.2, 0.25) is 0 Å². The van der Waals surface area contributed by atoms with Gasteiger partial charge in [-0.05, 0) is 0 Å². The third-order valence-corrected chi connectivity index (χ3v) is 4.97. The van der Waals surface area contributed by atoms with Gasteiger partial charge in [0.15, 0.2) is 18.2 Å². The average Bonchev–Trinajstić information content (AvgIpc) is 2.70. The van der Waals surface area contributed by atoms with Crippen molar-refractivity contribution in [3.05, 3.63) is 0 Å². The largest absolute Gasteiger partial charge is 0.473 e. The van der Waals surface area contributed by atoms with Gasteiger partial charge >= 0.3 is 15.6 Å². The van der Waals surface area contributed by atoms with Gasteiger partial charge in [-0.2, -0.15) is 0 Å². The van der Waals surface area contributed by atoms with Crippen LogP contribution in [0.2, 0.25) is 0 Å². The van der Waals surface area contributed by atoms with Crippen LogP contribution in [0.4, 0.5) is 0 Å². The van der Waals surface area contributed by atoms with Gasteiger partial charge in [-0.3, -0.25) is 18.4 Å². The number of carbonyl (C=O) groups is 2. The van der Waals surface area contributed by atoms with Crippen LogP contribution in [0.3, 0.4) is 0 Å². The molecular weight excluding hydrogens is 478 g/mol. The van der Waals surface area contributed by atoms with Crippen LogP contribution in [-0.4, -0.2) is 125 Å². The first kappa shape index (κ1) is 30.3. The molecular formula is C12H24O17P2. The van der Waals surface area contributed by atoms with E-state index in [-0.39, 0.29) is 6.29 Å². The number of hydrogen-bond donors (Lipinski definition) is 10. The van der Waals surface area contributed by atoms with Gasteiger partial charge in [0, 0.05) is 0 Å². The number of rotatable bonds is 16. The second kappa shape index (κ2) is 13.1. The number of Topliss-reactive ketones (excluding diaryl/α,β-unsaturated/α-hetero) is 1. The van der Waals surface area contributed by atoms with Crippen molar-refractivity contribution in [1.29, 1.82) is 0 Å². The van der Waals surface area contributed by atoms with E-state index in [0.29, 0.717) is 0 Å². The minimum Gasteiger partial charge on any atom is -0.388 e. The highest BCUT2D eigenvalue weighted by Gasteiger charge is 2.39. The summed E-state index contributed by atoms with van der Waals surface area (Å²) in [6.07, 6.45) is -16.3. The fraction of sp³-hybridized carbons (Fsp3) is 0.833. The van der Waals surface area contributed by atoms with Crippen molar-refractivity contribution in [3.63, 3.8) is 0 Å². The second-order valence-electron chi connectivity index (χ2n) is 5.93. The average molecular weight is 502 g/mol. The van der Waals surface area contributed by atoms with Crippen LogP contribution in [0.5, 0.6) is 0 Å². The summed E-state index contributed by atoms with van der Waals surface area (Å²) in [5.41, 5.74) is 0. The molecule has 0 aliphatic heterocycles. The Morgan fingerprint density at radius 1 is 0.839 bits per heavy atom. The Morgan fingerprint density at radius 2 is 1.32 bits per heavy atom. The SMILES string of the molecule is O=C[C@H](OP(=O)(O)OC[C@@H](O)[C@@H](O)[C@H](O)C(=O)CO)[C@@H](O)[C@H](O)[C@H](O)COP(=O)(O)O. The zero-order chi connectivity index (χ0) is 24.6. The standard InChI is InChI=1S/C12H24O17P2/c13-1-5(15)9(18)10(19)7(17)4-28-31(25,26)29-8(2-14)12(21)11(20)6(16)3-27-30(22,23)24/h2,6-13,16-21H,1,3-4H2,(H,25,26)(H2,22,23,24)/t6-,7-,8+,9-,10-,11-,12-/m1/s1. The predicted octanol–water partition coefficient (Wildman–Crippen LogP) is -5.48. The van der Waals surface area contributed by atoms with Crippen molar-refractivity contribution in [2.24, 2.45) is 0 Å². The summed E-state index contributed by atoms with van der Waals surface area (Å²) in [5, 5.41) is 65.9. The lowest BCUT2D eigenvalue weighted by molar-refractivity contribution is -0.143. The summed E-state index contributed by atoms with van der Waals surface area (Å²) < 4.78 is 34.8. The van der Waals surface area contributed by atoms with Crippen molar-refractivity contribution >= 4 is 27.7 Å². The zero-order valence-electron chi connectivity index (χ0n) is 15.5. The number of aliphatic hydroxyl groups excluding tert-OH is 7. The van der Waals surface area contributed by atoms with E-state index >= 15 is 0 Å². The van der Waals surface area contributed by atoms with E-state index in [4.69, 9.17) is 14.9 Å². The number of aliphatic hydroxyl groups is 7. The van der Waals surface area contributed by atoms with E-state index in [2.05, 4.69) is 13.6 Å². The monoisotopic (exact) mass is 502 g/mol. The quantitative estimate of drug-likeness (QED) is 0.0695. The molecule has 0 bridgehead atoms. The number of phosphoric acid groups is 2. The number of aldehydes is 1. The molecule has 184 valence electrons. The van der Waals surface area contributed by atoms with Gasteiger partial charge < -0.3 is 55.2 Å². The molecule has 8 atom stereocenters. The minimum atomic E-state index is -5.31. The molecule has 0 saturated heterocycles. The lowest BCUT2D eigenvalue weighted by atomic mass is 10.0. The van der Waals surface area contributed by atoms with Crippen LogP contribution >= 0.6 is 15.6 Å². The molecule has 0 radical (unpaired) electrons. The van der Waals surface area contributed by atoms with Gasteiger partial charge in [-0.15, -0.1) is 0 Å². The number of carbonyl (C=O) groups excluding carboxylic acids is 2. The summed E-state index contributed by atoms with van der Waals surface area (Å²) >= 11 is 0. The topological polar surface area (TPSA) is 298 Å². The Hall–Kier alpha value is -0.720. The van der Waals surface area contributed by atoms with E-state index < -0.39 is 84.0 Å². The molecule has 0 saturated carbocycles. The maximum absolute atomic E-state index is 11.8. The van der Waals surface area contributed by atoms with E-state index in [1.165, 1.54) is 0 Å². The number of ketones is 1. The molecule has 17 nitrogen and oxygen atoms in total. The maximum Gasteiger partial charge on any atom is 0.473 e. The maximum atomic E-state index is 11.8. The van der Waals surface area contributed by atoms with Gasteiger partial charge in [0.05, 0.1) is 13.2 Å². The fourth-order valence-electron chi connectivity index (χ4n) is 1.81. The van der Waals surface area contributed by atoms with Crippen LogP contribution in [0, 0.1) is 0 Å². The molecule has 0 rings (SSSR count). The number of hydrogen-bond acceptors (Lipinski definition) is 14. The molecule has 31 heavy (non-hydrogen) atoms. The van der Waals surface area contributed by atoms with Gasteiger partial charge in [0.25, 0.3) is 0 Å². The lowest BCUT2D eigenvalue weighted by Crippen LogP contribution is -2.47. The van der Waals surface area contributed by atoms with Crippen LogP contribution in [0.25, 0.3) is 0 Å². The summed E-state index contributed by atoms with van der Waals surface area (Å²) in [5.74, 6) is -1.28. The first-order valence-corrected chi connectivity index (χ1v) is 11.1. The molecule has 0 aromatic carbocycles. The molecule has 10 N–H and O–H groups in total. The lowest BCUT2D eigenvalue weighted by Gasteiger charge is -2.27. The summed E-state index contributed by atoms with van der Waals surface area (Å²) in [6, 6.07) is 0. The molecule has 0 aliphatic carbocycles. The van der Waals surface area contributed by atoms with Gasteiger partial charge in [-0.25, -0.2) is 9.13 Å². The Balaban J connectivity index is 4.92. The predicted molar refractivity (Wildman–Crippen MR) is 92.8 cm³/mol. The Morgan fingerprint density at radius 3 is 1.77 bits per heavy atom. The first-order chi connectivity index (χ1) is 14.1. The summed E-state index contributed by atoms with van der Waals surface area (Å²) in [6.45, 7) is -3.65. The number of phosphoric ester groups is 2. The third kappa shape index (κ3) is 11.1. The second-order valence-corrected chi connectivity index (χ2v) is 8.58. The molecule has 1 unspecified atom stereocenters. The van der Waals surface area contributed by atoms with Crippen molar-refractivity contribution in [1.82, 2.24) is 0 Å². The molecule has 0 spiro atoms. The van der Waals surface area contributed by atoms with E-state index in [1.54, 1.807) is 0 Å². The highest BCUT2D eigenvalue weighted by atomic mass is 31.2. The van der Waals surface area contributed by atoms with E-state index in [9.17, 15) is 54.3 Å². The zero-order valence-corrected chi connectivity index (χ0v) is 17.3. The Kier molecular flexibility index (Phi) is 12.8. The highest BCUT2D eigenvalue weighted by molar-refractivity contribution is 7.47. The smallest absolute Gasteiger partial charge is 0.388 e. The molecule has 0 aromatic rings. The van der Waals surface area contributed by atoms with Crippen molar-refractivity contribution < 1.29 is 82.7 Å². The van der Waals surface area contributed by atoms with Crippen LogP contribution in [0.15, 0.2) is 0 Å². The Labute approximate surface area is 173 Å². The molecule has 0 aliphatic rings. The van der Waals surface area contributed by atoms with Crippen molar-refractivity contribution in [3.8, 4) is 0 Å². The molecule has 19 heteroatoms.